The fraction of sp³-hybridized carbons (Fsp3) is 0.0870. The first-order valence-corrected chi connectivity index (χ1v) is 10.7. The van der Waals surface area contributed by atoms with E-state index in [1.54, 1.807) is 68.6 Å². The fourth-order valence-corrected chi connectivity index (χ4v) is 4.51. The van der Waals surface area contributed by atoms with Crippen LogP contribution in [0.25, 0.3) is 11.1 Å². The zero-order valence-corrected chi connectivity index (χ0v) is 17.3. The summed E-state index contributed by atoms with van der Waals surface area (Å²) < 4.78 is 38.6. The summed E-state index contributed by atoms with van der Waals surface area (Å²) in [5.41, 5.74) is 2.92. The Balaban J connectivity index is 1.73. The van der Waals surface area contributed by atoms with Crippen LogP contribution >= 0.6 is 0 Å². The number of methoxy groups -OCH3 is 1. The number of benzene rings is 3. The van der Waals surface area contributed by atoms with E-state index in [9.17, 15) is 8.42 Å². The number of sulfonamides is 1. The molecule has 4 rings (SSSR count). The van der Waals surface area contributed by atoms with Gasteiger partial charge in [-0.1, -0.05) is 47.6 Å². The maximum Gasteiger partial charge on any atom is 0.271 e. The average Bonchev–Trinajstić information content (AvgIpc) is 3.20. The highest BCUT2D eigenvalue weighted by Crippen LogP contribution is 2.33. The molecular weight excluding hydrogens is 400 g/mol. The van der Waals surface area contributed by atoms with Crippen molar-refractivity contribution in [3.05, 3.63) is 90.6 Å². The number of para-hydroxylation sites is 1. The third kappa shape index (κ3) is 3.79. The SMILES string of the molecule is COc1ccc(-c2ccc(S(=O)(=O)N(c3ccccc3)c3cc(C)no3)cc2)cc1. The predicted octanol–water partition coefficient (Wildman–Crippen LogP) is 5.19. The third-order valence-electron chi connectivity index (χ3n) is 4.62. The number of hydrogen-bond acceptors (Lipinski definition) is 5. The fourth-order valence-electron chi connectivity index (χ4n) is 3.10. The number of aromatic nitrogens is 1. The normalized spacial score (nSPS) is 11.3. The smallest absolute Gasteiger partial charge is 0.271 e. The Morgan fingerprint density at radius 2 is 1.47 bits per heavy atom. The van der Waals surface area contributed by atoms with Crippen molar-refractivity contribution in [1.29, 1.82) is 0 Å². The van der Waals surface area contributed by atoms with Gasteiger partial charge < -0.3 is 9.26 Å². The van der Waals surface area contributed by atoms with E-state index in [1.165, 1.54) is 0 Å². The topological polar surface area (TPSA) is 72.6 Å². The van der Waals surface area contributed by atoms with E-state index in [-0.39, 0.29) is 10.8 Å². The Morgan fingerprint density at radius 1 is 0.867 bits per heavy atom. The molecule has 0 radical (unpaired) electrons. The average molecular weight is 420 g/mol. The van der Waals surface area contributed by atoms with Crippen LogP contribution in [0.1, 0.15) is 5.69 Å². The summed E-state index contributed by atoms with van der Waals surface area (Å²) in [5, 5.41) is 3.85. The van der Waals surface area contributed by atoms with Crippen LogP contribution in [0, 0.1) is 6.92 Å². The Hall–Kier alpha value is -3.58. The van der Waals surface area contributed by atoms with Crippen molar-refractivity contribution < 1.29 is 17.7 Å². The van der Waals surface area contributed by atoms with Gasteiger partial charge in [-0.15, -0.1) is 0 Å². The molecule has 30 heavy (non-hydrogen) atoms. The van der Waals surface area contributed by atoms with Gasteiger partial charge in [-0.25, -0.2) is 12.7 Å². The molecule has 6 nitrogen and oxygen atoms in total. The first-order valence-electron chi connectivity index (χ1n) is 9.27. The van der Waals surface area contributed by atoms with Crippen molar-refractivity contribution in [2.45, 2.75) is 11.8 Å². The molecule has 0 bridgehead atoms. The van der Waals surface area contributed by atoms with Gasteiger partial charge in [0.25, 0.3) is 10.0 Å². The van der Waals surface area contributed by atoms with Gasteiger partial charge in [0.15, 0.2) is 0 Å². The molecular formula is C23H20N2O4S. The largest absolute Gasteiger partial charge is 0.497 e. The molecule has 0 N–H and O–H groups in total. The molecule has 4 aromatic rings. The molecule has 0 aliphatic rings. The number of anilines is 2. The van der Waals surface area contributed by atoms with Crippen LogP contribution in [-0.4, -0.2) is 20.7 Å². The van der Waals surface area contributed by atoms with Gasteiger partial charge in [0.05, 0.1) is 23.4 Å². The van der Waals surface area contributed by atoms with Crippen molar-refractivity contribution in [3.63, 3.8) is 0 Å². The van der Waals surface area contributed by atoms with Crippen LogP contribution in [0.2, 0.25) is 0 Å². The Morgan fingerprint density at radius 3 is 2.00 bits per heavy atom. The molecule has 0 atom stereocenters. The number of ether oxygens (including phenoxy) is 1. The van der Waals surface area contributed by atoms with Crippen LogP contribution < -0.4 is 9.04 Å². The van der Waals surface area contributed by atoms with Crippen molar-refractivity contribution in [3.8, 4) is 16.9 Å². The first kappa shape index (κ1) is 19.7. The van der Waals surface area contributed by atoms with Gasteiger partial charge in [0, 0.05) is 6.07 Å². The minimum Gasteiger partial charge on any atom is -0.497 e. The van der Waals surface area contributed by atoms with E-state index in [2.05, 4.69) is 5.16 Å². The van der Waals surface area contributed by atoms with Gasteiger partial charge in [-0.2, -0.15) is 0 Å². The molecule has 0 aliphatic carbocycles. The number of nitrogens with zero attached hydrogens (tertiary/aromatic N) is 2. The van der Waals surface area contributed by atoms with E-state index in [0.29, 0.717) is 11.4 Å². The highest BCUT2D eigenvalue weighted by atomic mass is 32.2. The predicted molar refractivity (Wildman–Crippen MR) is 115 cm³/mol. The second-order valence-corrected chi connectivity index (χ2v) is 8.45. The molecule has 1 heterocycles. The lowest BCUT2D eigenvalue weighted by atomic mass is 10.1. The zero-order valence-electron chi connectivity index (χ0n) is 16.5. The summed E-state index contributed by atoms with van der Waals surface area (Å²) in [6, 6.07) is 24.7. The molecule has 0 aliphatic heterocycles. The first-order chi connectivity index (χ1) is 14.5. The zero-order chi connectivity index (χ0) is 21.1. The molecule has 0 fully saturated rings. The molecule has 0 saturated carbocycles. The second-order valence-electron chi connectivity index (χ2n) is 6.66. The molecule has 0 saturated heterocycles. The number of aryl methyl sites for hydroxylation is 1. The lowest BCUT2D eigenvalue weighted by Crippen LogP contribution is -2.25. The minimum absolute atomic E-state index is 0.137. The second kappa shape index (κ2) is 8.04. The van der Waals surface area contributed by atoms with Gasteiger partial charge in [0.2, 0.25) is 5.88 Å². The van der Waals surface area contributed by atoms with Gasteiger partial charge in [-0.05, 0) is 54.4 Å². The minimum atomic E-state index is -3.92. The lowest BCUT2D eigenvalue weighted by Gasteiger charge is -2.21. The summed E-state index contributed by atoms with van der Waals surface area (Å²) in [4.78, 5) is 0.151. The Kier molecular flexibility index (Phi) is 5.29. The van der Waals surface area contributed by atoms with E-state index in [4.69, 9.17) is 9.26 Å². The van der Waals surface area contributed by atoms with Crippen molar-refractivity contribution in [2.75, 3.05) is 11.4 Å². The Labute approximate surface area is 175 Å². The molecule has 0 unspecified atom stereocenters. The molecule has 1 aromatic heterocycles. The molecule has 7 heteroatoms. The van der Waals surface area contributed by atoms with Crippen LogP contribution in [-0.2, 0) is 10.0 Å². The summed E-state index contributed by atoms with van der Waals surface area (Å²) in [6.07, 6.45) is 0. The van der Waals surface area contributed by atoms with Crippen molar-refractivity contribution in [2.24, 2.45) is 0 Å². The molecule has 0 amide bonds. The summed E-state index contributed by atoms with van der Waals surface area (Å²) in [5.74, 6) is 0.900. The van der Waals surface area contributed by atoms with Gasteiger partial charge >= 0.3 is 0 Å². The monoisotopic (exact) mass is 420 g/mol. The molecule has 152 valence electrons. The maximum atomic E-state index is 13.5. The van der Waals surface area contributed by atoms with Crippen molar-refractivity contribution >= 4 is 21.6 Å². The summed E-state index contributed by atoms with van der Waals surface area (Å²) in [6.45, 7) is 1.74. The van der Waals surface area contributed by atoms with E-state index in [0.717, 1.165) is 21.2 Å². The quantitative estimate of drug-likeness (QED) is 0.429. The van der Waals surface area contributed by atoms with Crippen LogP contribution in [0.15, 0.2) is 94.3 Å². The lowest BCUT2D eigenvalue weighted by molar-refractivity contribution is 0.415. The Bertz CT molecular complexity index is 1230. The van der Waals surface area contributed by atoms with E-state index in [1.807, 2.05) is 30.3 Å². The van der Waals surface area contributed by atoms with Crippen LogP contribution in [0.5, 0.6) is 5.75 Å². The van der Waals surface area contributed by atoms with Crippen molar-refractivity contribution in [1.82, 2.24) is 5.16 Å². The van der Waals surface area contributed by atoms with Gasteiger partial charge in [0.1, 0.15) is 5.75 Å². The highest BCUT2D eigenvalue weighted by Gasteiger charge is 2.29. The summed E-state index contributed by atoms with van der Waals surface area (Å²) in [7, 11) is -2.31. The van der Waals surface area contributed by atoms with Gasteiger partial charge in [-0.3, -0.25) is 0 Å². The third-order valence-corrected chi connectivity index (χ3v) is 6.36. The van der Waals surface area contributed by atoms with Crippen LogP contribution in [0.3, 0.4) is 0 Å². The summed E-state index contributed by atoms with van der Waals surface area (Å²) >= 11 is 0. The van der Waals surface area contributed by atoms with E-state index >= 15 is 0 Å². The standard InChI is InChI=1S/C23H20N2O4S/c1-17-16-23(29-24-17)25(20-6-4-3-5-7-20)30(26,27)22-14-10-19(11-15-22)18-8-12-21(28-2)13-9-18/h3-16H,1-2H3. The number of hydrogen-bond donors (Lipinski definition) is 0. The number of rotatable bonds is 6. The highest BCUT2D eigenvalue weighted by molar-refractivity contribution is 7.93. The molecule has 3 aromatic carbocycles. The van der Waals surface area contributed by atoms with Crippen LogP contribution in [0.4, 0.5) is 11.6 Å². The molecule has 0 spiro atoms. The van der Waals surface area contributed by atoms with E-state index < -0.39 is 10.0 Å². The maximum absolute atomic E-state index is 13.5.